The van der Waals surface area contributed by atoms with Gasteiger partial charge >= 0.3 is 0 Å². The third-order valence-corrected chi connectivity index (χ3v) is 5.31. The molecule has 4 rings (SSSR count). The third kappa shape index (κ3) is 4.12. The topological polar surface area (TPSA) is 44.8 Å². The van der Waals surface area contributed by atoms with E-state index in [0.717, 1.165) is 18.7 Å². The smallest absolute Gasteiger partial charge is 0.224 e. The van der Waals surface area contributed by atoms with E-state index >= 15 is 0 Å². The highest BCUT2D eigenvalue weighted by molar-refractivity contribution is 6.00. The molecule has 1 unspecified atom stereocenters. The number of fused-ring (bicyclic) bond motifs is 1. The molecule has 0 spiro atoms. The summed E-state index contributed by atoms with van der Waals surface area (Å²) in [5.74, 6) is 1.46. The fourth-order valence-electron chi connectivity index (χ4n) is 3.80. The molecule has 1 saturated heterocycles. The van der Waals surface area contributed by atoms with Gasteiger partial charge in [-0.3, -0.25) is 4.79 Å². The zero-order valence-electron chi connectivity index (χ0n) is 15.4. The van der Waals surface area contributed by atoms with E-state index in [1.165, 1.54) is 0 Å². The first-order valence-electron chi connectivity index (χ1n) is 9.08. The molecule has 144 valence electrons. The molecular formula is C21H24INO4. The molecule has 2 aromatic rings. The number of nitrogens with zero attached hydrogens (tertiary/aromatic N) is 1. The summed E-state index contributed by atoms with van der Waals surface area (Å²) in [4.78, 5) is 13.6. The summed E-state index contributed by atoms with van der Waals surface area (Å²) in [7, 11) is 2.15. The first kappa shape index (κ1) is 20.1. The van der Waals surface area contributed by atoms with Crippen LogP contribution in [-0.4, -0.2) is 56.8 Å². The van der Waals surface area contributed by atoms with E-state index in [-0.39, 0.29) is 35.8 Å². The summed E-state index contributed by atoms with van der Waals surface area (Å²) in [6.45, 7) is 4.04. The van der Waals surface area contributed by atoms with Crippen LogP contribution in [0.1, 0.15) is 22.0 Å². The van der Waals surface area contributed by atoms with Gasteiger partial charge in [0.1, 0.15) is 26.3 Å². The summed E-state index contributed by atoms with van der Waals surface area (Å²) in [5.41, 5.74) is 1.70. The summed E-state index contributed by atoms with van der Waals surface area (Å²) in [6.07, 6.45) is 0. The Balaban J connectivity index is 0.00000210. The second-order valence-electron chi connectivity index (χ2n) is 7.07. The van der Waals surface area contributed by atoms with Crippen molar-refractivity contribution in [1.82, 2.24) is 0 Å². The van der Waals surface area contributed by atoms with E-state index < -0.39 is 0 Å². The maximum absolute atomic E-state index is 13.6. The average molecular weight is 481 g/mol. The molecule has 0 amide bonds. The van der Waals surface area contributed by atoms with E-state index in [2.05, 4.69) is 7.05 Å². The molecule has 2 aliphatic heterocycles. The minimum atomic E-state index is -0.261. The largest absolute Gasteiger partial charge is 1.00 e. The quantitative estimate of drug-likeness (QED) is 0.347. The lowest BCUT2D eigenvalue weighted by Gasteiger charge is -2.43. The lowest BCUT2D eigenvalue weighted by atomic mass is 9.93. The number of hydrogen-bond acceptors (Lipinski definition) is 4. The van der Waals surface area contributed by atoms with Crippen molar-refractivity contribution in [3.63, 3.8) is 0 Å². The number of likely N-dealkylation sites (N-methyl/N-ethyl adjacent to an activating group) is 1. The van der Waals surface area contributed by atoms with Gasteiger partial charge in [0.2, 0.25) is 5.78 Å². The van der Waals surface area contributed by atoms with Gasteiger partial charge in [0.25, 0.3) is 0 Å². The summed E-state index contributed by atoms with van der Waals surface area (Å²) in [6, 6.07) is 15.3. The van der Waals surface area contributed by atoms with Crippen molar-refractivity contribution in [2.24, 2.45) is 0 Å². The van der Waals surface area contributed by atoms with Gasteiger partial charge in [-0.2, -0.15) is 0 Å². The number of carbonyl (C=O) groups is 1. The second kappa shape index (κ2) is 8.58. The van der Waals surface area contributed by atoms with E-state index in [9.17, 15) is 4.79 Å². The van der Waals surface area contributed by atoms with Crippen molar-refractivity contribution in [2.75, 3.05) is 46.6 Å². The van der Waals surface area contributed by atoms with Crippen LogP contribution in [0.3, 0.4) is 0 Å². The maximum atomic E-state index is 13.6. The van der Waals surface area contributed by atoms with Gasteiger partial charge in [0.15, 0.2) is 17.5 Å². The Labute approximate surface area is 176 Å². The van der Waals surface area contributed by atoms with Gasteiger partial charge in [-0.1, -0.05) is 30.3 Å². The monoisotopic (exact) mass is 481 g/mol. The molecule has 2 aromatic carbocycles. The normalized spacial score (nSPS) is 18.9. The SMILES string of the molecule is C[N+]1(C(C(=O)c2ccc3c(c2)OCCO3)c2ccccc2)CCOCC1.[I-]. The summed E-state index contributed by atoms with van der Waals surface area (Å²) >= 11 is 0. The first-order chi connectivity index (χ1) is 12.7. The zero-order valence-corrected chi connectivity index (χ0v) is 17.6. The first-order valence-corrected chi connectivity index (χ1v) is 9.08. The number of rotatable bonds is 4. The zero-order chi connectivity index (χ0) is 18.0. The van der Waals surface area contributed by atoms with Gasteiger partial charge in [-0.15, -0.1) is 0 Å². The van der Waals surface area contributed by atoms with Gasteiger partial charge < -0.3 is 42.7 Å². The van der Waals surface area contributed by atoms with Gasteiger partial charge in [0.05, 0.1) is 20.3 Å². The molecular weight excluding hydrogens is 457 g/mol. The van der Waals surface area contributed by atoms with E-state index in [1.807, 2.05) is 48.5 Å². The number of morpholine rings is 1. The van der Waals surface area contributed by atoms with Crippen molar-refractivity contribution in [2.45, 2.75) is 6.04 Å². The van der Waals surface area contributed by atoms with Gasteiger partial charge in [0, 0.05) is 11.1 Å². The molecule has 2 aliphatic rings. The Morgan fingerprint density at radius 3 is 2.30 bits per heavy atom. The predicted octanol–water partition coefficient (Wildman–Crippen LogP) is -0.137. The highest BCUT2D eigenvalue weighted by Crippen LogP contribution is 2.35. The number of hydrogen-bond donors (Lipinski definition) is 0. The van der Waals surface area contributed by atoms with Crippen LogP contribution in [0.4, 0.5) is 0 Å². The Bertz CT molecular complexity index is 790. The maximum Gasteiger partial charge on any atom is 0.224 e. The third-order valence-electron chi connectivity index (χ3n) is 5.31. The Morgan fingerprint density at radius 1 is 0.926 bits per heavy atom. The van der Waals surface area contributed by atoms with Gasteiger partial charge in [-0.25, -0.2) is 0 Å². The molecule has 0 bridgehead atoms. The minimum absolute atomic E-state index is 0. The van der Waals surface area contributed by atoms with Crippen LogP contribution in [0.2, 0.25) is 0 Å². The molecule has 0 saturated carbocycles. The summed E-state index contributed by atoms with van der Waals surface area (Å²) in [5, 5.41) is 0. The molecule has 6 heteroatoms. The second-order valence-corrected chi connectivity index (χ2v) is 7.07. The van der Waals surface area contributed by atoms with Crippen LogP contribution < -0.4 is 33.5 Å². The minimum Gasteiger partial charge on any atom is -1.00 e. The Kier molecular flexibility index (Phi) is 6.39. The van der Waals surface area contributed by atoms with Crippen LogP contribution in [0.15, 0.2) is 48.5 Å². The van der Waals surface area contributed by atoms with Crippen molar-refractivity contribution in [3.8, 4) is 11.5 Å². The molecule has 0 aromatic heterocycles. The van der Waals surface area contributed by atoms with E-state index in [1.54, 1.807) is 0 Å². The standard InChI is InChI=1S/C21H24NO4.HI/c1-22(9-11-24-12-10-22)20(16-5-3-2-4-6-16)21(23)17-7-8-18-19(15-17)26-14-13-25-18;/h2-8,15,20H,9-14H2,1H3;1H/q+1;/p-1. The van der Waals surface area contributed by atoms with Crippen molar-refractivity contribution in [3.05, 3.63) is 59.7 Å². The molecule has 5 nitrogen and oxygen atoms in total. The van der Waals surface area contributed by atoms with Crippen molar-refractivity contribution >= 4 is 5.78 Å². The Morgan fingerprint density at radius 2 is 1.59 bits per heavy atom. The number of halogens is 1. The number of ketones is 1. The Hall–Kier alpha value is -1.64. The van der Waals surface area contributed by atoms with Crippen LogP contribution in [0.25, 0.3) is 0 Å². The fourth-order valence-corrected chi connectivity index (χ4v) is 3.80. The molecule has 1 fully saturated rings. The number of Topliss-reactive ketones (excluding diaryl/α,β-unsaturated/α-hetero) is 1. The highest BCUT2D eigenvalue weighted by atomic mass is 127. The van der Waals surface area contributed by atoms with Crippen LogP contribution in [0, 0.1) is 0 Å². The lowest BCUT2D eigenvalue weighted by Crippen LogP contribution is -3.00. The van der Waals surface area contributed by atoms with E-state index in [4.69, 9.17) is 14.2 Å². The number of ether oxygens (including phenoxy) is 3. The van der Waals surface area contributed by atoms with Crippen molar-refractivity contribution < 1.29 is 47.5 Å². The summed E-state index contributed by atoms with van der Waals surface area (Å²) < 4.78 is 17.4. The molecule has 0 radical (unpaired) electrons. The fraction of sp³-hybridized carbons (Fsp3) is 0.381. The van der Waals surface area contributed by atoms with Gasteiger partial charge in [-0.05, 0) is 18.2 Å². The lowest BCUT2D eigenvalue weighted by molar-refractivity contribution is -0.936. The van der Waals surface area contributed by atoms with Crippen LogP contribution in [0.5, 0.6) is 11.5 Å². The molecule has 2 heterocycles. The average Bonchev–Trinajstić information content (AvgIpc) is 2.69. The van der Waals surface area contributed by atoms with Crippen molar-refractivity contribution in [1.29, 1.82) is 0 Å². The molecule has 0 aliphatic carbocycles. The predicted molar refractivity (Wildman–Crippen MR) is 97.7 cm³/mol. The number of carbonyl (C=O) groups excluding carboxylic acids is 1. The van der Waals surface area contributed by atoms with Crippen LogP contribution >= 0.6 is 0 Å². The molecule has 27 heavy (non-hydrogen) atoms. The molecule has 1 atom stereocenters. The highest BCUT2D eigenvalue weighted by Gasteiger charge is 2.41. The number of quaternary nitrogens is 1. The van der Waals surface area contributed by atoms with E-state index in [0.29, 0.717) is 48.0 Å². The van der Waals surface area contributed by atoms with Crippen LogP contribution in [-0.2, 0) is 4.74 Å². The molecule has 0 N–H and O–H groups in total. The number of benzene rings is 2.